The van der Waals surface area contributed by atoms with E-state index in [-0.39, 0.29) is 0 Å². The van der Waals surface area contributed by atoms with Crippen LogP contribution in [0.5, 0.6) is 0 Å². The van der Waals surface area contributed by atoms with Gasteiger partial charge in [-0.3, -0.25) is 0 Å². The Morgan fingerprint density at radius 2 is 2.12 bits per heavy atom. The number of anilines is 1. The van der Waals surface area contributed by atoms with Crippen LogP contribution in [0.3, 0.4) is 0 Å². The van der Waals surface area contributed by atoms with Crippen LogP contribution < -0.4 is 5.73 Å². The number of hydrogen-bond donors (Lipinski definition) is 1. The van der Waals surface area contributed by atoms with Gasteiger partial charge in [-0.25, -0.2) is 0 Å². The molecule has 1 aromatic carbocycles. The first-order valence-corrected chi connectivity index (χ1v) is 6.43. The first-order valence-electron chi connectivity index (χ1n) is 5.63. The Kier molecular flexibility index (Phi) is 2.43. The van der Waals surface area contributed by atoms with Gasteiger partial charge in [0.15, 0.2) is 5.82 Å². The lowest BCUT2D eigenvalue weighted by Crippen LogP contribution is -2.00. The van der Waals surface area contributed by atoms with Crippen molar-refractivity contribution in [1.29, 1.82) is 0 Å². The number of rotatable bonds is 2. The minimum absolute atomic E-state index is 0.580. The quantitative estimate of drug-likeness (QED) is 0.866. The zero-order valence-corrected chi connectivity index (χ0v) is 11.1. The summed E-state index contributed by atoms with van der Waals surface area (Å²) in [4.78, 5) is 0. The number of aromatic nitrogens is 3. The highest BCUT2D eigenvalue weighted by Gasteiger charge is 2.28. The van der Waals surface area contributed by atoms with E-state index in [9.17, 15) is 0 Å². The van der Waals surface area contributed by atoms with Crippen molar-refractivity contribution in [2.75, 3.05) is 5.73 Å². The van der Waals surface area contributed by atoms with Crippen LogP contribution in [0.25, 0.3) is 11.4 Å². The zero-order chi connectivity index (χ0) is 12.0. The summed E-state index contributed by atoms with van der Waals surface area (Å²) in [6.45, 7) is 2.00. The molecule has 1 saturated carbocycles. The summed E-state index contributed by atoms with van der Waals surface area (Å²) in [5.74, 6) is 1.92. The number of halogens is 1. The molecule has 1 fully saturated rings. The molecule has 0 spiro atoms. The molecule has 17 heavy (non-hydrogen) atoms. The second-order valence-electron chi connectivity index (χ2n) is 4.41. The van der Waals surface area contributed by atoms with Crippen LogP contribution in [0.1, 0.15) is 24.7 Å². The monoisotopic (exact) mass is 292 g/mol. The average Bonchev–Trinajstić information content (AvgIpc) is 3.06. The third-order valence-corrected chi connectivity index (χ3v) is 3.72. The summed E-state index contributed by atoms with van der Waals surface area (Å²) in [7, 11) is 0. The van der Waals surface area contributed by atoms with E-state index in [0.717, 1.165) is 27.4 Å². The van der Waals surface area contributed by atoms with Crippen molar-refractivity contribution < 1.29 is 0 Å². The Hall–Kier alpha value is -1.36. The Labute approximate surface area is 108 Å². The minimum atomic E-state index is 0.580. The van der Waals surface area contributed by atoms with Crippen LogP contribution in [-0.2, 0) is 0 Å². The standard InChI is InChI=1S/C12H13BrN4/c1-7-15-16-12(17(7)9-3-4-9)8-2-5-11(14)10(13)6-8/h2,5-6,9H,3-4,14H2,1H3. The predicted octanol–water partition coefficient (Wildman–Crippen LogP) is 2.93. The maximum Gasteiger partial charge on any atom is 0.164 e. The summed E-state index contributed by atoms with van der Waals surface area (Å²) < 4.78 is 3.12. The summed E-state index contributed by atoms with van der Waals surface area (Å²) in [6.07, 6.45) is 2.45. The molecule has 4 nitrogen and oxygen atoms in total. The van der Waals surface area contributed by atoms with Crippen molar-refractivity contribution in [2.45, 2.75) is 25.8 Å². The second kappa shape index (κ2) is 3.84. The van der Waals surface area contributed by atoms with Gasteiger partial charge in [-0.05, 0) is 53.9 Å². The van der Waals surface area contributed by atoms with Gasteiger partial charge in [-0.15, -0.1) is 10.2 Å². The summed E-state index contributed by atoms with van der Waals surface area (Å²) in [6, 6.07) is 6.46. The molecule has 2 N–H and O–H groups in total. The van der Waals surface area contributed by atoms with Gasteiger partial charge in [0, 0.05) is 21.8 Å². The smallest absolute Gasteiger partial charge is 0.164 e. The zero-order valence-electron chi connectivity index (χ0n) is 9.52. The van der Waals surface area contributed by atoms with E-state index in [0.29, 0.717) is 6.04 Å². The van der Waals surface area contributed by atoms with E-state index in [4.69, 9.17) is 5.73 Å². The minimum Gasteiger partial charge on any atom is -0.398 e. The number of nitrogens with two attached hydrogens (primary N) is 1. The molecule has 5 heteroatoms. The van der Waals surface area contributed by atoms with Crippen LogP contribution in [0.15, 0.2) is 22.7 Å². The molecule has 1 aliphatic rings. The van der Waals surface area contributed by atoms with Gasteiger partial charge in [0.1, 0.15) is 5.82 Å². The number of nitrogen functional groups attached to an aromatic ring is 1. The molecule has 0 radical (unpaired) electrons. The van der Waals surface area contributed by atoms with E-state index < -0.39 is 0 Å². The van der Waals surface area contributed by atoms with Crippen LogP contribution in [0.2, 0.25) is 0 Å². The van der Waals surface area contributed by atoms with Crippen LogP contribution in [-0.4, -0.2) is 14.8 Å². The molecule has 1 heterocycles. The molecule has 0 atom stereocenters. The predicted molar refractivity (Wildman–Crippen MR) is 70.6 cm³/mol. The van der Waals surface area contributed by atoms with E-state index in [1.54, 1.807) is 0 Å². The van der Waals surface area contributed by atoms with Crippen LogP contribution in [0, 0.1) is 6.92 Å². The summed E-state index contributed by atoms with van der Waals surface area (Å²) in [5.41, 5.74) is 7.59. The van der Waals surface area contributed by atoms with E-state index in [1.165, 1.54) is 12.8 Å². The average molecular weight is 293 g/mol. The molecule has 0 unspecified atom stereocenters. The Morgan fingerprint density at radius 3 is 2.76 bits per heavy atom. The lowest BCUT2D eigenvalue weighted by Gasteiger charge is -2.07. The molecular weight excluding hydrogens is 280 g/mol. The molecule has 0 aliphatic heterocycles. The highest BCUT2D eigenvalue weighted by molar-refractivity contribution is 9.10. The molecular formula is C12H13BrN4. The maximum absolute atomic E-state index is 5.79. The van der Waals surface area contributed by atoms with Crippen molar-refractivity contribution in [1.82, 2.24) is 14.8 Å². The Bertz CT molecular complexity index is 572. The lowest BCUT2D eigenvalue weighted by molar-refractivity contribution is 0.717. The third-order valence-electron chi connectivity index (χ3n) is 3.04. The van der Waals surface area contributed by atoms with Crippen molar-refractivity contribution in [2.24, 2.45) is 0 Å². The molecule has 2 aromatic rings. The topological polar surface area (TPSA) is 56.7 Å². The fourth-order valence-corrected chi connectivity index (χ4v) is 2.38. The van der Waals surface area contributed by atoms with Gasteiger partial charge < -0.3 is 10.3 Å². The number of nitrogens with zero attached hydrogens (tertiary/aromatic N) is 3. The maximum atomic E-state index is 5.79. The molecule has 0 bridgehead atoms. The second-order valence-corrected chi connectivity index (χ2v) is 5.26. The molecule has 88 valence electrons. The first kappa shape index (κ1) is 10.8. The fraction of sp³-hybridized carbons (Fsp3) is 0.333. The molecule has 1 aliphatic carbocycles. The van der Waals surface area contributed by atoms with Gasteiger partial charge in [0.25, 0.3) is 0 Å². The van der Waals surface area contributed by atoms with Gasteiger partial charge in [0.2, 0.25) is 0 Å². The molecule has 0 saturated heterocycles. The van der Waals surface area contributed by atoms with Crippen molar-refractivity contribution in [3.05, 3.63) is 28.5 Å². The van der Waals surface area contributed by atoms with Gasteiger partial charge >= 0.3 is 0 Å². The van der Waals surface area contributed by atoms with Crippen LogP contribution >= 0.6 is 15.9 Å². The largest absolute Gasteiger partial charge is 0.398 e. The van der Waals surface area contributed by atoms with E-state index in [1.807, 2.05) is 25.1 Å². The lowest BCUT2D eigenvalue weighted by atomic mass is 10.2. The third kappa shape index (κ3) is 1.84. The first-order chi connectivity index (χ1) is 8.16. The Balaban J connectivity index is 2.11. The number of benzene rings is 1. The summed E-state index contributed by atoms with van der Waals surface area (Å²) >= 11 is 3.44. The van der Waals surface area contributed by atoms with Crippen molar-refractivity contribution in [3.8, 4) is 11.4 Å². The normalized spacial score (nSPS) is 15.2. The molecule has 1 aromatic heterocycles. The number of aryl methyl sites for hydroxylation is 1. The molecule has 3 rings (SSSR count). The van der Waals surface area contributed by atoms with Crippen molar-refractivity contribution in [3.63, 3.8) is 0 Å². The highest BCUT2D eigenvalue weighted by Crippen LogP contribution is 2.39. The van der Waals surface area contributed by atoms with E-state index >= 15 is 0 Å². The SMILES string of the molecule is Cc1nnc(-c2ccc(N)c(Br)c2)n1C1CC1. The van der Waals surface area contributed by atoms with Crippen molar-refractivity contribution >= 4 is 21.6 Å². The summed E-state index contributed by atoms with van der Waals surface area (Å²) in [5, 5.41) is 8.44. The van der Waals surface area contributed by atoms with Crippen LogP contribution in [0.4, 0.5) is 5.69 Å². The van der Waals surface area contributed by atoms with Gasteiger partial charge in [-0.1, -0.05) is 0 Å². The van der Waals surface area contributed by atoms with Gasteiger partial charge in [-0.2, -0.15) is 0 Å². The Morgan fingerprint density at radius 1 is 1.35 bits per heavy atom. The van der Waals surface area contributed by atoms with E-state index in [2.05, 4.69) is 30.7 Å². The number of hydrogen-bond acceptors (Lipinski definition) is 3. The van der Waals surface area contributed by atoms with Gasteiger partial charge in [0.05, 0.1) is 0 Å². The molecule has 0 amide bonds. The highest BCUT2D eigenvalue weighted by atomic mass is 79.9. The fourth-order valence-electron chi connectivity index (χ4n) is 2.00.